The molecule has 10 nitrogen and oxygen atoms in total. The molecule has 0 aromatic carbocycles. The van der Waals surface area contributed by atoms with Gasteiger partial charge in [0.05, 0.1) is 6.26 Å². The van der Waals surface area contributed by atoms with Crippen LogP contribution in [0.4, 0.5) is 16.4 Å². The molecule has 0 spiro atoms. The minimum Gasteiger partial charge on any atom is -0.356 e. The molecule has 4 heterocycles. The first-order chi connectivity index (χ1) is 16.0. The second kappa shape index (κ2) is 9.53. The smallest absolute Gasteiger partial charge is 0.344 e. The third-order valence-corrected chi connectivity index (χ3v) is 7.60. The van der Waals surface area contributed by atoms with Gasteiger partial charge in [-0.25, -0.2) is 18.2 Å². The van der Waals surface area contributed by atoms with Gasteiger partial charge < -0.3 is 9.80 Å². The lowest BCUT2D eigenvalue weighted by Gasteiger charge is -2.45. The number of carbonyl (C=O) groups is 1. The number of hydrogen-bond donors (Lipinski definition) is 1. The maximum absolute atomic E-state index is 12.9. The lowest BCUT2D eigenvalue weighted by Crippen LogP contribution is -2.53. The Hall–Kier alpha value is -2.66. The molecular formula is C23H35N7O3S. The van der Waals surface area contributed by atoms with Crippen molar-refractivity contribution >= 4 is 27.7 Å². The van der Waals surface area contributed by atoms with Crippen LogP contribution in [0.15, 0.2) is 24.4 Å². The highest BCUT2D eigenvalue weighted by Gasteiger charge is 2.36. The van der Waals surface area contributed by atoms with Crippen LogP contribution in [0.25, 0.3) is 0 Å². The number of hydrogen-bond acceptors (Lipinski definition) is 7. The van der Waals surface area contributed by atoms with E-state index in [1.165, 1.54) is 35.4 Å². The third-order valence-electron chi connectivity index (χ3n) is 7.02. The second-order valence-electron chi connectivity index (χ2n) is 9.77. The maximum atomic E-state index is 12.9. The number of piperidine rings is 1. The lowest BCUT2D eigenvalue weighted by molar-refractivity contribution is 0.0585. The Balaban J connectivity index is 1.39. The van der Waals surface area contributed by atoms with Gasteiger partial charge in [-0.3, -0.25) is 9.62 Å². The molecule has 0 radical (unpaired) electrons. The average molecular weight is 490 g/mol. The zero-order valence-electron chi connectivity index (χ0n) is 20.5. The molecule has 2 aromatic heterocycles. The number of aryl methyl sites for hydroxylation is 1. The van der Waals surface area contributed by atoms with Crippen molar-refractivity contribution in [2.75, 3.05) is 49.1 Å². The van der Waals surface area contributed by atoms with Crippen LogP contribution >= 0.6 is 0 Å². The first kappa shape index (κ1) is 24.5. The van der Waals surface area contributed by atoms with E-state index in [2.05, 4.69) is 45.7 Å². The fourth-order valence-electron chi connectivity index (χ4n) is 4.73. The van der Waals surface area contributed by atoms with E-state index >= 15 is 0 Å². The number of carbonyl (C=O) groups excluding carboxylic acids is 1. The fraction of sp³-hybridized carbons (Fsp3) is 0.609. The van der Waals surface area contributed by atoms with E-state index in [1.54, 1.807) is 4.90 Å². The van der Waals surface area contributed by atoms with Gasteiger partial charge in [-0.05, 0) is 52.6 Å². The van der Waals surface area contributed by atoms with Crippen LogP contribution in [0.3, 0.4) is 0 Å². The maximum Gasteiger partial charge on any atom is 0.344 e. The van der Waals surface area contributed by atoms with Gasteiger partial charge in [-0.2, -0.15) is 4.68 Å². The monoisotopic (exact) mass is 489 g/mol. The van der Waals surface area contributed by atoms with E-state index in [-0.39, 0.29) is 17.4 Å². The highest BCUT2D eigenvalue weighted by molar-refractivity contribution is 7.92. The molecule has 34 heavy (non-hydrogen) atoms. The van der Waals surface area contributed by atoms with Gasteiger partial charge in [0, 0.05) is 61.8 Å². The molecule has 2 aliphatic heterocycles. The van der Waals surface area contributed by atoms with Gasteiger partial charge in [0.15, 0.2) is 5.82 Å². The average Bonchev–Trinajstić information content (AvgIpc) is 3.46. The molecule has 0 saturated carbocycles. The predicted molar refractivity (Wildman–Crippen MR) is 133 cm³/mol. The summed E-state index contributed by atoms with van der Waals surface area (Å²) in [7, 11) is -1.29. The molecule has 1 amide bonds. The Labute approximate surface area is 202 Å². The summed E-state index contributed by atoms with van der Waals surface area (Å²) < 4.78 is 26.3. The van der Waals surface area contributed by atoms with E-state index in [1.807, 2.05) is 6.92 Å². The van der Waals surface area contributed by atoms with Crippen molar-refractivity contribution in [3.8, 4) is 0 Å². The van der Waals surface area contributed by atoms with Gasteiger partial charge in [-0.15, -0.1) is 5.10 Å². The molecular weight excluding hydrogens is 454 g/mol. The highest BCUT2D eigenvalue weighted by atomic mass is 32.2. The van der Waals surface area contributed by atoms with Gasteiger partial charge in [0.25, 0.3) is 0 Å². The van der Waals surface area contributed by atoms with Crippen LogP contribution in [0.2, 0.25) is 0 Å². The first-order valence-corrected chi connectivity index (χ1v) is 13.7. The highest BCUT2D eigenvalue weighted by Crippen LogP contribution is 2.31. The predicted octanol–water partition coefficient (Wildman–Crippen LogP) is 2.51. The Morgan fingerprint density at radius 3 is 2.47 bits per heavy atom. The summed E-state index contributed by atoms with van der Waals surface area (Å²) in [5.41, 5.74) is 2.24. The molecule has 2 aliphatic rings. The Bertz CT molecular complexity index is 1130. The summed E-state index contributed by atoms with van der Waals surface area (Å²) in [4.78, 5) is 24.3. The van der Waals surface area contributed by atoms with Crippen LogP contribution in [-0.4, -0.2) is 84.0 Å². The minimum absolute atomic E-state index is 0.0446. The number of sulfonamides is 1. The van der Waals surface area contributed by atoms with Crippen LogP contribution in [0, 0.1) is 6.92 Å². The number of anilines is 2. The van der Waals surface area contributed by atoms with Crippen molar-refractivity contribution in [2.45, 2.75) is 51.6 Å². The van der Waals surface area contributed by atoms with Gasteiger partial charge in [0.1, 0.15) is 5.82 Å². The van der Waals surface area contributed by atoms with Crippen LogP contribution in [-0.2, 0) is 16.6 Å². The topological polar surface area (TPSA) is 104 Å². The van der Waals surface area contributed by atoms with Gasteiger partial charge in [0.2, 0.25) is 10.0 Å². The number of likely N-dealkylation sites (tertiary alicyclic amines) is 1. The molecule has 0 unspecified atom stereocenters. The molecule has 0 atom stereocenters. The zero-order chi connectivity index (χ0) is 24.5. The van der Waals surface area contributed by atoms with Crippen molar-refractivity contribution in [3.05, 3.63) is 35.7 Å². The molecule has 1 N–H and O–H groups in total. The zero-order valence-corrected chi connectivity index (χ0v) is 21.3. The van der Waals surface area contributed by atoms with E-state index in [0.717, 1.165) is 50.2 Å². The molecule has 2 aromatic rings. The van der Waals surface area contributed by atoms with E-state index in [4.69, 9.17) is 4.98 Å². The Morgan fingerprint density at radius 2 is 1.82 bits per heavy atom. The summed E-state index contributed by atoms with van der Waals surface area (Å²) in [6.07, 6.45) is 6.65. The fourth-order valence-corrected chi connectivity index (χ4v) is 5.21. The lowest BCUT2D eigenvalue weighted by atomic mass is 9.87. The molecule has 4 rings (SSSR count). The van der Waals surface area contributed by atoms with Crippen molar-refractivity contribution in [3.63, 3.8) is 0 Å². The largest absolute Gasteiger partial charge is 0.356 e. The number of rotatable bonds is 6. The number of pyridine rings is 1. The Morgan fingerprint density at radius 1 is 1.15 bits per heavy atom. The van der Waals surface area contributed by atoms with Gasteiger partial charge in [-0.1, -0.05) is 6.07 Å². The molecule has 0 aliphatic carbocycles. The summed E-state index contributed by atoms with van der Waals surface area (Å²) >= 11 is 0. The van der Waals surface area contributed by atoms with Crippen LogP contribution in [0.5, 0.6) is 0 Å². The SMILES string of the molecule is Cc1ccc(CN(C)C2(C)CCN(C(=O)n3ccc(NS(C)(=O)=O)n3)CC2)c(N2CCCC2)n1. The number of amides is 1. The van der Waals surface area contributed by atoms with Gasteiger partial charge >= 0.3 is 6.03 Å². The number of nitrogens with zero attached hydrogens (tertiary/aromatic N) is 6. The quantitative estimate of drug-likeness (QED) is 0.665. The third kappa shape index (κ3) is 5.52. The summed E-state index contributed by atoms with van der Waals surface area (Å²) in [5.74, 6) is 1.25. The Kier molecular flexibility index (Phi) is 6.86. The van der Waals surface area contributed by atoms with Crippen molar-refractivity contribution in [1.29, 1.82) is 0 Å². The summed E-state index contributed by atoms with van der Waals surface area (Å²) in [6, 6.07) is 5.52. The van der Waals surface area contributed by atoms with E-state index in [0.29, 0.717) is 13.1 Å². The minimum atomic E-state index is -3.44. The number of aromatic nitrogens is 3. The standard InChI is InChI=1S/C23H35N7O3S/c1-18-7-8-19(21(24-18)28-12-5-6-13-28)17-27(3)23(2)10-15-29(16-11-23)22(31)30-14-9-20(25-30)26-34(4,32)33/h7-9,14H,5-6,10-13,15-17H2,1-4H3,(H,25,26). The molecule has 0 bridgehead atoms. The van der Waals surface area contributed by atoms with E-state index in [9.17, 15) is 13.2 Å². The summed E-state index contributed by atoms with van der Waals surface area (Å²) in [5, 5.41) is 4.07. The van der Waals surface area contributed by atoms with E-state index < -0.39 is 10.0 Å². The molecule has 2 saturated heterocycles. The molecule has 11 heteroatoms. The van der Waals surface area contributed by atoms with Crippen molar-refractivity contribution in [2.24, 2.45) is 0 Å². The first-order valence-electron chi connectivity index (χ1n) is 11.8. The van der Waals surface area contributed by atoms with Crippen molar-refractivity contribution < 1.29 is 13.2 Å². The number of nitrogens with one attached hydrogen (secondary N) is 1. The molecule has 186 valence electrons. The van der Waals surface area contributed by atoms with Crippen molar-refractivity contribution in [1.82, 2.24) is 24.6 Å². The van der Waals surface area contributed by atoms with Crippen LogP contribution < -0.4 is 9.62 Å². The van der Waals surface area contributed by atoms with Crippen LogP contribution in [0.1, 0.15) is 43.9 Å². The normalized spacial score (nSPS) is 18.5. The molecule has 2 fully saturated rings. The summed E-state index contributed by atoms with van der Waals surface area (Å²) in [6.45, 7) is 8.46. The second-order valence-corrected chi connectivity index (χ2v) is 11.5.